The van der Waals surface area contributed by atoms with Gasteiger partial charge in [-0.25, -0.2) is 0 Å². The lowest BCUT2D eigenvalue weighted by Gasteiger charge is -1.79. The molecule has 0 rings (SSSR count). The van der Waals surface area contributed by atoms with Crippen LogP contribution in [0.5, 0.6) is 0 Å². The molecule has 0 radical (unpaired) electrons. The average molecular weight is 124 g/mol. The Balaban J connectivity index is 3.36. The molecule has 0 spiro atoms. The quantitative estimate of drug-likeness (QED) is 0.526. The first-order valence-corrected chi connectivity index (χ1v) is 3.04. The molecular weight excluding hydrogens is 112 g/mol. The highest BCUT2D eigenvalue weighted by atomic mass is 16.1. The molecule has 0 bridgehead atoms. The second-order valence-electron chi connectivity index (χ2n) is 1.86. The summed E-state index contributed by atoms with van der Waals surface area (Å²) in [6.07, 6.45) is 8.10. The van der Waals surface area contributed by atoms with Crippen molar-refractivity contribution in [3.63, 3.8) is 0 Å². The summed E-state index contributed by atoms with van der Waals surface area (Å²) in [5.41, 5.74) is 0. The molecule has 0 aliphatic rings. The second-order valence-corrected chi connectivity index (χ2v) is 1.86. The topological polar surface area (TPSA) is 17.1 Å². The van der Waals surface area contributed by atoms with E-state index in [0.29, 0.717) is 6.42 Å². The lowest BCUT2D eigenvalue weighted by molar-refractivity contribution is -0.116. The molecule has 0 aliphatic carbocycles. The van der Waals surface area contributed by atoms with E-state index in [1.165, 1.54) is 0 Å². The molecular formula is C8H12O. The van der Waals surface area contributed by atoms with Crippen molar-refractivity contribution in [1.82, 2.24) is 0 Å². The Labute approximate surface area is 56.1 Å². The second kappa shape index (κ2) is 5.29. The summed E-state index contributed by atoms with van der Waals surface area (Å²) in [5, 5.41) is 0. The minimum atomic E-state index is 0.204. The molecule has 0 heterocycles. The maximum Gasteiger partial charge on any atom is 0.133 e. The van der Waals surface area contributed by atoms with Gasteiger partial charge in [0.25, 0.3) is 0 Å². The third-order valence-electron chi connectivity index (χ3n) is 0.845. The lowest BCUT2D eigenvalue weighted by Crippen LogP contribution is -1.82. The predicted octanol–water partition coefficient (Wildman–Crippen LogP) is 2.10. The van der Waals surface area contributed by atoms with Crippen LogP contribution in [0, 0.1) is 0 Å². The van der Waals surface area contributed by atoms with Gasteiger partial charge in [0.2, 0.25) is 0 Å². The normalized spacial score (nSPS) is 11.3. The number of allylic oxidation sites excluding steroid dienone is 4. The van der Waals surface area contributed by atoms with Gasteiger partial charge in [0.05, 0.1) is 0 Å². The van der Waals surface area contributed by atoms with Crippen molar-refractivity contribution in [2.24, 2.45) is 0 Å². The molecule has 0 unspecified atom stereocenters. The van der Waals surface area contributed by atoms with E-state index in [2.05, 4.69) is 0 Å². The number of hydrogen-bond acceptors (Lipinski definition) is 1. The van der Waals surface area contributed by atoms with Gasteiger partial charge < -0.3 is 0 Å². The van der Waals surface area contributed by atoms with Crippen LogP contribution in [0.2, 0.25) is 0 Å². The summed E-state index contributed by atoms with van der Waals surface area (Å²) >= 11 is 0. The van der Waals surface area contributed by atoms with E-state index in [9.17, 15) is 4.79 Å². The zero-order valence-corrected chi connectivity index (χ0v) is 5.92. The van der Waals surface area contributed by atoms with E-state index in [1.54, 1.807) is 6.92 Å². The van der Waals surface area contributed by atoms with Crippen molar-refractivity contribution in [3.8, 4) is 0 Å². The Morgan fingerprint density at radius 1 is 1.44 bits per heavy atom. The first-order valence-electron chi connectivity index (χ1n) is 3.04. The Kier molecular flexibility index (Phi) is 4.79. The van der Waals surface area contributed by atoms with Gasteiger partial charge in [-0.3, -0.25) is 4.79 Å². The summed E-state index contributed by atoms with van der Waals surface area (Å²) in [6.45, 7) is 3.53. The van der Waals surface area contributed by atoms with Crippen molar-refractivity contribution in [2.75, 3.05) is 0 Å². The van der Waals surface area contributed by atoms with Gasteiger partial charge in [0, 0.05) is 6.42 Å². The molecule has 0 saturated heterocycles. The van der Waals surface area contributed by atoms with Crippen LogP contribution in [0.25, 0.3) is 0 Å². The standard InChI is InChI=1S/C8H12O/c1-3-4-5-6-7-8(2)9/h3-6H,7H2,1-2H3/b4-3-,6-5-. The fourth-order valence-electron chi connectivity index (χ4n) is 0.424. The molecule has 0 aromatic heterocycles. The van der Waals surface area contributed by atoms with Crippen LogP contribution in [-0.4, -0.2) is 5.78 Å². The molecule has 0 fully saturated rings. The van der Waals surface area contributed by atoms with Gasteiger partial charge in [0.15, 0.2) is 0 Å². The molecule has 0 N–H and O–H groups in total. The molecule has 50 valence electrons. The molecule has 0 amide bonds. The molecule has 0 aromatic carbocycles. The zero-order valence-electron chi connectivity index (χ0n) is 5.92. The summed E-state index contributed by atoms with van der Waals surface area (Å²) in [5.74, 6) is 0.204. The van der Waals surface area contributed by atoms with Crippen molar-refractivity contribution < 1.29 is 4.79 Å². The highest BCUT2D eigenvalue weighted by Gasteiger charge is 1.82. The van der Waals surface area contributed by atoms with Gasteiger partial charge in [-0.05, 0) is 13.8 Å². The SMILES string of the molecule is C/C=C\C=C/CC(C)=O. The Hall–Kier alpha value is -0.850. The van der Waals surface area contributed by atoms with E-state index < -0.39 is 0 Å². The maximum atomic E-state index is 10.3. The van der Waals surface area contributed by atoms with Gasteiger partial charge >= 0.3 is 0 Å². The first-order chi connectivity index (χ1) is 4.27. The van der Waals surface area contributed by atoms with Crippen molar-refractivity contribution in [1.29, 1.82) is 0 Å². The Morgan fingerprint density at radius 3 is 2.56 bits per heavy atom. The number of rotatable bonds is 3. The van der Waals surface area contributed by atoms with Crippen LogP contribution in [0.3, 0.4) is 0 Å². The minimum absolute atomic E-state index is 0.204. The number of carbonyl (C=O) groups is 1. The fraction of sp³-hybridized carbons (Fsp3) is 0.375. The molecule has 9 heavy (non-hydrogen) atoms. The molecule has 0 saturated carbocycles. The highest BCUT2D eigenvalue weighted by Crippen LogP contribution is 1.84. The van der Waals surface area contributed by atoms with Gasteiger partial charge in [-0.15, -0.1) is 0 Å². The van der Waals surface area contributed by atoms with E-state index in [-0.39, 0.29) is 5.78 Å². The van der Waals surface area contributed by atoms with Crippen molar-refractivity contribution in [2.45, 2.75) is 20.3 Å². The monoisotopic (exact) mass is 124 g/mol. The number of Topliss-reactive ketones (excluding diaryl/α,β-unsaturated/α-hetero) is 1. The third-order valence-corrected chi connectivity index (χ3v) is 0.845. The smallest absolute Gasteiger partial charge is 0.133 e. The molecule has 0 atom stereocenters. The van der Waals surface area contributed by atoms with Gasteiger partial charge in [-0.1, -0.05) is 24.3 Å². The number of ketones is 1. The minimum Gasteiger partial charge on any atom is -0.300 e. The molecule has 0 aromatic rings. The number of carbonyl (C=O) groups excluding carboxylic acids is 1. The van der Waals surface area contributed by atoms with Crippen LogP contribution in [0.15, 0.2) is 24.3 Å². The summed E-state index contributed by atoms with van der Waals surface area (Å²) < 4.78 is 0. The van der Waals surface area contributed by atoms with E-state index in [0.717, 1.165) is 0 Å². The highest BCUT2D eigenvalue weighted by molar-refractivity contribution is 5.76. The largest absolute Gasteiger partial charge is 0.300 e. The van der Waals surface area contributed by atoms with Gasteiger partial charge in [0.1, 0.15) is 5.78 Å². The van der Waals surface area contributed by atoms with Crippen LogP contribution < -0.4 is 0 Å². The molecule has 1 nitrogen and oxygen atoms in total. The Morgan fingerprint density at radius 2 is 2.11 bits per heavy atom. The summed E-state index contributed by atoms with van der Waals surface area (Å²) in [7, 11) is 0. The van der Waals surface area contributed by atoms with E-state index in [4.69, 9.17) is 0 Å². The lowest BCUT2D eigenvalue weighted by atomic mass is 10.3. The first kappa shape index (κ1) is 8.15. The summed E-state index contributed by atoms with van der Waals surface area (Å²) in [4.78, 5) is 10.3. The number of hydrogen-bond donors (Lipinski definition) is 0. The molecule has 1 heteroatoms. The van der Waals surface area contributed by atoms with E-state index in [1.807, 2.05) is 31.2 Å². The van der Waals surface area contributed by atoms with Gasteiger partial charge in [-0.2, -0.15) is 0 Å². The third kappa shape index (κ3) is 7.15. The van der Waals surface area contributed by atoms with Crippen LogP contribution >= 0.6 is 0 Å². The average Bonchev–Trinajstić information content (AvgIpc) is 1.80. The molecule has 0 aliphatic heterocycles. The maximum absolute atomic E-state index is 10.3. The van der Waals surface area contributed by atoms with Crippen molar-refractivity contribution >= 4 is 5.78 Å². The van der Waals surface area contributed by atoms with Crippen molar-refractivity contribution in [3.05, 3.63) is 24.3 Å². The predicted molar refractivity (Wildman–Crippen MR) is 39.3 cm³/mol. The Bertz CT molecular complexity index is 132. The summed E-state index contributed by atoms with van der Waals surface area (Å²) in [6, 6.07) is 0. The van der Waals surface area contributed by atoms with E-state index >= 15 is 0 Å². The van der Waals surface area contributed by atoms with Crippen LogP contribution in [0.4, 0.5) is 0 Å². The zero-order chi connectivity index (χ0) is 7.11. The van der Waals surface area contributed by atoms with Crippen LogP contribution in [-0.2, 0) is 4.79 Å². The van der Waals surface area contributed by atoms with Crippen LogP contribution in [0.1, 0.15) is 20.3 Å². The fourth-order valence-corrected chi connectivity index (χ4v) is 0.424.